The largest absolute Gasteiger partial charge is 0.210 e. The van der Waals surface area contributed by atoms with Gasteiger partial charge in [0.25, 0.3) is 0 Å². The highest BCUT2D eigenvalue weighted by Crippen LogP contribution is 2.09. The van der Waals surface area contributed by atoms with Gasteiger partial charge >= 0.3 is 0 Å². The van der Waals surface area contributed by atoms with Crippen molar-refractivity contribution < 1.29 is 4.39 Å². The molecule has 0 nitrogen and oxygen atoms in total. The molecule has 8 heavy (non-hydrogen) atoms. The number of rotatable bonds is 1. The fourth-order valence-corrected chi connectivity index (χ4v) is 0.266. The molecular weight excluding hydrogens is 127 g/mol. The lowest BCUT2D eigenvalue weighted by molar-refractivity contribution is 0.638. The maximum absolute atomic E-state index is 11.9. The summed E-state index contributed by atoms with van der Waals surface area (Å²) in [6, 6.07) is 0. The average molecular weight is 133 g/mol. The molecule has 0 N–H and O–H groups in total. The number of halogens is 2. The quantitative estimate of drug-likeness (QED) is 0.380. The zero-order valence-electron chi connectivity index (χ0n) is 4.54. The summed E-state index contributed by atoms with van der Waals surface area (Å²) >= 11 is 5.26. The van der Waals surface area contributed by atoms with E-state index in [1.54, 1.807) is 0 Å². The smallest absolute Gasteiger partial charge is 0.116 e. The molecule has 0 atom stereocenters. The topological polar surface area (TPSA) is 0 Å². The molecule has 0 spiro atoms. The number of hydrogen-bond acceptors (Lipinski definition) is 0. The molecule has 0 aromatic carbocycles. The fourth-order valence-electron chi connectivity index (χ4n) is 0.189. The van der Waals surface area contributed by atoms with Crippen LogP contribution < -0.4 is 0 Å². The molecule has 0 aliphatic heterocycles. The van der Waals surface area contributed by atoms with Crippen LogP contribution in [0.15, 0.2) is 29.2 Å². The number of hydrogen-bond donors (Lipinski definition) is 0. The normalized spacial score (nSPS) is 11.9. The van der Waals surface area contributed by atoms with Crippen LogP contribution in [-0.2, 0) is 0 Å². The first-order valence-corrected chi connectivity index (χ1v) is 2.44. The third-order valence-electron chi connectivity index (χ3n) is 0.558. The number of allylic oxidation sites excluding steroid dienone is 3. The minimum absolute atomic E-state index is 0.0556. The highest BCUT2D eigenvalue weighted by atomic mass is 35.5. The van der Waals surface area contributed by atoms with Crippen molar-refractivity contribution in [1.29, 1.82) is 0 Å². The van der Waals surface area contributed by atoms with E-state index in [9.17, 15) is 4.39 Å². The van der Waals surface area contributed by atoms with Gasteiger partial charge in [0.1, 0.15) is 5.83 Å². The molecule has 0 amide bonds. The predicted octanol–water partition coefficient (Wildman–Crippen LogP) is 2.77. The van der Waals surface area contributed by atoms with Gasteiger partial charge in [-0.3, -0.25) is 0 Å². The van der Waals surface area contributed by atoms with E-state index >= 15 is 0 Å². The van der Waals surface area contributed by atoms with Crippen molar-refractivity contribution in [3.63, 3.8) is 0 Å². The molecule has 0 radical (unpaired) electrons. The minimum atomic E-state index is -0.414. The van der Waals surface area contributed by atoms with Crippen LogP contribution in [0.4, 0.5) is 4.39 Å². The zero-order chi connectivity index (χ0) is 6.57. The molecule has 2 heteroatoms. The Hall–Kier alpha value is -0.520. The highest BCUT2D eigenvalue weighted by molar-refractivity contribution is 6.31. The molecular formula is C6H6ClF. The Morgan fingerprint density at radius 2 is 2.38 bits per heavy atom. The van der Waals surface area contributed by atoms with Crippen LogP contribution in [0, 0.1) is 0 Å². The summed E-state index contributed by atoms with van der Waals surface area (Å²) in [7, 11) is 0. The van der Waals surface area contributed by atoms with Crippen LogP contribution in [0.5, 0.6) is 0 Å². The van der Waals surface area contributed by atoms with Crippen molar-refractivity contribution in [3.8, 4) is 0 Å². The van der Waals surface area contributed by atoms with Gasteiger partial charge in [-0.1, -0.05) is 18.2 Å². The maximum Gasteiger partial charge on any atom is 0.116 e. The van der Waals surface area contributed by atoms with Gasteiger partial charge in [0, 0.05) is 6.08 Å². The fraction of sp³-hybridized carbons (Fsp3) is 0.167. The summed E-state index contributed by atoms with van der Waals surface area (Å²) in [6.07, 6.45) is 1.27. The van der Waals surface area contributed by atoms with Crippen LogP contribution >= 0.6 is 11.6 Å². The third-order valence-corrected chi connectivity index (χ3v) is 0.927. The van der Waals surface area contributed by atoms with E-state index in [2.05, 4.69) is 12.3 Å². The Labute approximate surface area is 53.0 Å². The molecule has 44 valence electrons. The Bertz CT molecular complexity index is 148. The highest BCUT2D eigenvalue weighted by Gasteiger charge is 1.88. The lowest BCUT2D eigenvalue weighted by Gasteiger charge is -1.82. The van der Waals surface area contributed by atoms with Gasteiger partial charge in [-0.25, -0.2) is 4.39 Å². The van der Waals surface area contributed by atoms with Gasteiger partial charge in [0.05, 0.1) is 5.03 Å². The lowest BCUT2D eigenvalue weighted by atomic mass is 10.5. The standard InChI is InChI=1S/C6H6ClF/c1-3-4-6(7)5(2)8/h4H,1H2,2H3. The van der Waals surface area contributed by atoms with Crippen LogP contribution in [0.2, 0.25) is 0 Å². The van der Waals surface area contributed by atoms with Crippen molar-refractivity contribution in [3.05, 3.63) is 29.2 Å². The third kappa shape index (κ3) is 2.62. The second-order valence-corrected chi connectivity index (χ2v) is 1.64. The van der Waals surface area contributed by atoms with Crippen molar-refractivity contribution >= 4 is 11.6 Å². The van der Waals surface area contributed by atoms with E-state index in [0.717, 1.165) is 0 Å². The summed E-state index contributed by atoms with van der Waals surface area (Å²) in [5.41, 5.74) is 2.34. The monoisotopic (exact) mass is 132 g/mol. The van der Waals surface area contributed by atoms with Gasteiger partial charge in [0.2, 0.25) is 0 Å². The first-order chi connectivity index (χ1) is 3.68. The van der Waals surface area contributed by atoms with E-state index in [-0.39, 0.29) is 5.03 Å². The zero-order valence-corrected chi connectivity index (χ0v) is 5.30. The van der Waals surface area contributed by atoms with E-state index in [1.807, 2.05) is 0 Å². The lowest BCUT2D eigenvalue weighted by Crippen LogP contribution is -1.63. The summed E-state index contributed by atoms with van der Waals surface area (Å²) in [6.45, 7) is 4.49. The molecule has 0 bridgehead atoms. The van der Waals surface area contributed by atoms with E-state index in [4.69, 9.17) is 11.6 Å². The van der Waals surface area contributed by atoms with E-state index in [0.29, 0.717) is 0 Å². The summed E-state index contributed by atoms with van der Waals surface area (Å²) < 4.78 is 11.9. The van der Waals surface area contributed by atoms with Crippen LogP contribution in [-0.4, -0.2) is 0 Å². The molecule has 0 unspecified atom stereocenters. The SMILES string of the molecule is C=C=CC(Cl)=C(C)F. The maximum atomic E-state index is 11.9. The van der Waals surface area contributed by atoms with Crippen molar-refractivity contribution in [2.45, 2.75) is 6.92 Å². The van der Waals surface area contributed by atoms with E-state index in [1.165, 1.54) is 13.0 Å². The van der Waals surface area contributed by atoms with Crippen molar-refractivity contribution in [2.75, 3.05) is 0 Å². The Kier molecular flexibility index (Phi) is 3.25. The Morgan fingerprint density at radius 3 is 2.50 bits per heavy atom. The molecule has 0 saturated heterocycles. The van der Waals surface area contributed by atoms with E-state index < -0.39 is 5.83 Å². The minimum Gasteiger partial charge on any atom is -0.210 e. The van der Waals surface area contributed by atoms with Crippen molar-refractivity contribution in [1.82, 2.24) is 0 Å². The second kappa shape index (κ2) is 3.48. The summed E-state index contributed by atoms with van der Waals surface area (Å²) in [5.74, 6) is -0.414. The first kappa shape index (κ1) is 7.48. The predicted molar refractivity (Wildman–Crippen MR) is 33.4 cm³/mol. The van der Waals surface area contributed by atoms with Crippen LogP contribution in [0.25, 0.3) is 0 Å². The van der Waals surface area contributed by atoms with Gasteiger partial charge in [-0.15, -0.1) is 5.73 Å². The molecule has 0 aliphatic rings. The molecule has 0 heterocycles. The molecule has 0 aromatic heterocycles. The Morgan fingerprint density at radius 1 is 1.88 bits per heavy atom. The van der Waals surface area contributed by atoms with Gasteiger partial charge in [-0.05, 0) is 6.92 Å². The first-order valence-electron chi connectivity index (χ1n) is 2.06. The molecule has 0 aromatic rings. The summed E-state index contributed by atoms with van der Waals surface area (Å²) in [5, 5.41) is 0.0556. The van der Waals surface area contributed by atoms with Crippen LogP contribution in [0.3, 0.4) is 0 Å². The molecule has 0 aliphatic carbocycles. The molecule has 0 fully saturated rings. The molecule has 0 rings (SSSR count). The van der Waals surface area contributed by atoms with Gasteiger partial charge < -0.3 is 0 Å². The van der Waals surface area contributed by atoms with Crippen LogP contribution in [0.1, 0.15) is 6.92 Å². The Balaban J connectivity index is 4.22. The van der Waals surface area contributed by atoms with Gasteiger partial charge in [-0.2, -0.15) is 0 Å². The average Bonchev–Trinajstić information content (AvgIpc) is 1.67. The molecule has 0 saturated carbocycles. The second-order valence-electron chi connectivity index (χ2n) is 1.23. The van der Waals surface area contributed by atoms with Gasteiger partial charge in [0.15, 0.2) is 0 Å². The summed E-state index contributed by atoms with van der Waals surface area (Å²) in [4.78, 5) is 0. The van der Waals surface area contributed by atoms with Crippen molar-refractivity contribution in [2.24, 2.45) is 0 Å².